The van der Waals surface area contributed by atoms with E-state index < -0.39 is 48.2 Å². The average molecular weight is 378 g/mol. The van der Waals surface area contributed by atoms with Crippen LogP contribution in [0.25, 0.3) is 0 Å². The van der Waals surface area contributed by atoms with Crippen molar-refractivity contribution in [2.75, 3.05) is 0 Å². The lowest BCUT2D eigenvalue weighted by molar-refractivity contribution is -0.396. The molecule has 2 aromatic rings. The summed E-state index contributed by atoms with van der Waals surface area (Å²) in [5.74, 6) is -1.13. The summed E-state index contributed by atoms with van der Waals surface area (Å²) < 4.78 is 0. The molecule has 0 radical (unpaired) electrons. The Morgan fingerprint density at radius 1 is 0.704 bits per heavy atom. The second-order valence-corrected chi connectivity index (χ2v) is 5.45. The zero-order valence-corrected chi connectivity index (χ0v) is 13.5. The fourth-order valence-electron chi connectivity index (χ4n) is 2.50. The van der Waals surface area contributed by atoms with Crippen molar-refractivity contribution in [2.45, 2.75) is 13.3 Å². The predicted octanol–water partition coefficient (Wildman–Crippen LogP) is 2.92. The minimum atomic E-state index is -1.13. The molecule has 0 aliphatic heterocycles. The van der Waals surface area contributed by atoms with Gasteiger partial charge in [-0.05, 0) is 24.5 Å². The van der Waals surface area contributed by atoms with Gasteiger partial charge in [-0.1, -0.05) is 0 Å². The Balaban J connectivity index is 2.63. The standard InChI is InChI=1S/C14H10N4O9/c1-7-10(15(20)21)3-8(4-11(7)16(22)23)2-9-5-12(17(24)25)14(19)13(6-9)18(26)27/h3-6,19H,2H2,1H3. The van der Waals surface area contributed by atoms with Gasteiger partial charge in [0.15, 0.2) is 0 Å². The first-order valence-electron chi connectivity index (χ1n) is 7.10. The molecule has 0 atom stereocenters. The summed E-state index contributed by atoms with van der Waals surface area (Å²) in [6.07, 6.45) is -0.302. The molecule has 13 nitrogen and oxygen atoms in total. The number of benzene rings is 2. The molecule has 0 saturated carbocycles. The fourth-order valence-corrected chi connectivity index (χ4v) is 2.50. The Morgan fingerprint density at radius 3 is 1.30 bits per heavy atom. The molecule has 0 heterocycles. The van der Waals surface area contributed by atoms with Crippen LogP contribution in [-0.4, -0.2) is 24.8 Å². The second-order valence-electron chi connectivity index (χ2n) is 5.45. The summed E-state index contributed by atoms with van der Waals surface area (Å²) in [7, 11) is 0. The summed E-state index contributed by atoms with van der Waals surface area (Å²) in [6, 6.07) is 3.82. The van der Waals surface area contributed by atoms with Crippen LogP contribution in [0.4, 0.5) is 22.7 Å². The molecule has 1 N–H and O–H groups in total. The van der Waals surface area contributed by atoms with Crippen LogP contribution in [0.2, 0.25) is 0 Å². The van der Waals surface area contributed by atoms with Crippen molar-refractivity contribution in [1.29, 1.82) is 0 Å². The number of aromatic hydroxyl groups is 1. The van der Waals surface area contributed by atoms with Gasteiger partial charge in [-0.15, -0.1) is 0 Å². The minimum absolute atomic E-state index is 0.0290. The molecule has 140 valence electrons. The Morgan fingerprint density at radius 2 is 1.00 bits per heavy atom. The van der Waals surface area contributed by atoms with Crippen LogP contribution in [0.15, 0.2) is 24.3 Å². The monoisotopic (exact) mass is 378 g/mol. The van der Waals surface area contributed by atoms with Gasteiger partial charge in [0.25, 0.3) is 17.1 Å². The zero-order chi connectivity index (χ0) is 20.5. The first kappa shape index (κ1) is 19.2. The highest BCUT2D eigenvalue weighted by Gasteiger charge is 2.27. The molecular weight excluding hydrogens is 368 g/mol. The van der Waals surface area contributed by atoms with E-state index in [1.54, 1.807) is 0 Å². The molecule has 0 amide bonds. The lowest BCUT2D eigenvalue weighted by atomic mass is 10.00. The lowest BCUT2D eigenvalue weighted by Crippen LogP contribution is -2.01. The summed E-state index contributed by atoms with van der Waals surface area (Å²) in [6.45, 7) is 1.20. The van der Waals surface area contributed by atoms with Crippen molar-refractivity contribution in [3.63, 3.8) is 0 Å². The van der Waals surface area contributed by atoms with Crippen LogP contribution in [0.3, 0.4) is 0 Å². The molecule has 0 saturated heterocycles. The normalized spacial score (nSPS) is 10.4. The number of phenolic OH excluding ortho intramolecular Hbond substituents is 1. The van der Waals surface area contributed by atoms with E-state index in [-0.39, 0.29) is 23.1 Å². The molecule has 13 heteroatoms. The Bertz CT molecular complexity index is 853. The molecule has 0 fully saturated rings. The summed E-state index contributed by atoms with van der Waals surface area (Å²) in [4.78, 5) is 40.5. The molecule has 2 rings (SSSR count). The van der Waals surface area contributed by atoms with Gasteiger partial charge in [0.05, 0.1) is 19.7 Å². The van der Waals surface area contributed by atoms with E-state index in [0.717, 1.165) is 24.3 Å². The van der Waals surface area contributed by atoms with Crippen LogP contribution >= 0.6 is 0 Å². The first-order valence-corrected chi connectivity index (χ1v) is 7.10. The molecule has 0 aliphatic rings. The van der Waals surface area contributed by atoms with Crippen LogP contribution in [0, 0.1) is 47.4 Å². The zero-order valence-electron chi connectivity index (χ0n) is 13.5. The maximum atomic E-state index is 11.1. The number of nitrogens with zero attached hydrogens (tertiary/aromatic N) is 4. The van der Waals surface area contributed by atoms with Gasteiger partial charge in [-0.3, -0.25) is 40.5 Å². The van der Waals surface area contributed by atoms with Crippen LogP contribution in [0.1, 0.15) is 16.7 Å². The number of nitro groups is 4. The largest absolute Gasteiger partial charge is 0.497 e. The molecule has 0 unspecified atom stereocenters. The van der Waals surface area contributed by atoms with Gasteiger partial charge in [0.1, 0.15) is 5.56 Å². The SMILES string of the molecule is Cc1c([N+](=O)[O-])cc(Cc2cc([N+](=O)[O-])c(O)c([N+](=O)[O-])c2)cc1[N+](=O)[O-]. The van der Waals surface area contributed by atoms with Crippen molar-refractivity contribution in [2.24, 2.45) is 0 Å². The number of nitro benzene ring substituents is 4. The van der Waals surface area contributed by atoms with Gasteiger partial charge >= 0.3 is 11.4 Å². The van der Waals surface area contributed by atoms with E-state index in [4.69, 9.17) is 0 Å². The Hall–Kier alpha value is -4.16. The average Bonchev–Trinajstić information content (AvgIpc) is 2.56. The van der Waals surface area contributed by atoms with E-state index in [2.05, 4.69) is 0 Å². The summed E-state index contributed by atoms with van der Waals surface area (Å²) >= 11 is 0. The molecule has 0 spiro atoms. The summed E-state index contributed by atoms with van der Waals surface area (Å²) in [5, 5.41) is 53.8. The molecular formula is C14H10N4O9. The molecule has 0 aromatic heterocycles. The minimum Gasteiger partial charge on any atom is -0.497 e. The Labute approximate surface area is 149 Å². The molecule has 27 heavy (non-hydrogen) atoms. The van der Waals surface area contributed by atoms with Gasteiger partial charge in [0.2, 0.25) is 0 Å². The maximum absolute atomic E-state index is 11.1. The van der Waals surface area contributed by atoms with Gasteiger partial charge in [0, 0.05) is 24.3 Å². The maximum Gasteiger partial charge on any atom is 0.318 e. The highest BCUT2D eigenvalue weighted by Crippen LogP contribution is 2.38. The second kappa shape index (κ2) is 6.99. The van der Waals surface area contributed by atoms with Crippen molar-refractivity contribution in [3.8, 4) is 5.75 Å². The third-order valence-corrected chi connectivity index (χ3v) is 3.74. The number of phenols is 1. The van der Waals surface area contributed by atoms with Crippen molar-refractivity contribution >= 4 is 22.7 Å². The smallest absolute Gasteiger partial charge is 0.318 e. The van der Waals surface area contributed by atoms with Crippen molar-refractivity contribution in [3.05, 3.63) is 81.4 Å². The third kappa shape index (κ3) is 3.76. The van der Waals surface area contributed by atoms with Crippen LogP contribution in [-0.2, 0) is 6.42 Å². The van der Waals surface area contributed by atoms with Gasteiger partial charge < -0.3 is 5.11 Å². The quantitative estimate of drug-likeness (QED) is 0.580. The number of rotatable bonds is 6. The van der Waals surface area contributed by atoms with Gasteiger partial charge in [-0.25, -0.2) is 0 Å². The van der Waals surface area contributed by atoms with Crippen molar-refractivity contribution in [1.82, 2.24) is 0 Å². The summed E-state index contributed by atoms with van der Waals surface area (Å²) in [5.41, 5.74) is -3.04. The van der Waals surface area contributed by atoms with E-state index in [9.17, 15) is 45.6 Å². The molecule has 0 aliphatic carbocycles. The Kier molecular flexibility index (Phi) is 4.96. The van der Waals surface area contributed by atoms with E-state index >= 15 is 0 Å². The van der Waals surface area contributed by atoms with Crippen molar-refractivity contribution < 1.29 is 24.8 Å². The van der Waals surface area contributed by atoms with Crippen LogP contribution < -0.4 is 0 Å². The molecule has 0 bridgehead atoms. The highest BCUT2D eigenvalue weighted by atomic mass is 16.6. The number of hydrogen-bond acceptors (Lipinski definition) is 9. The third-order valence-electron chi connectivity index (χ3n) is 3.74. The van der Waals surface area contributed by atoms with Crippen LogP contribution in [0.5, 0.6) is 5.75 Å². The lowest BCUT2D eigenvalue weighted by Gasteiger charge is -2.06. The molecule has 2 aromatic carbocycles. The topological polar surface area (TPSA) is 193 Å². The predicted molar refractivity (Wildman–Crippen MR) is 88.7 cm³/mol. The fraction of sp³-hybridized carbons (Fsp3) is 0.143. The van der Waals surface area contributed by atoms with E-state index in [1.165, 1.54) is 6.92 Å². The van der Waals surface area contributed by atoms with Gasteiger partial charge in [-0.2, -0.15) is 0 Å². The highest BCUT2D eigenvalue weighted by molar-refractivity contribution is 5.62. The first-order chi connectivity index (χ1) is 12.5. The van der Waals surface area contributed by atoms with E-state index in [1.807, 2.05) is 0 Å². The van der Waals surface area contributed by atoms with E-state index in [0.29, 0.717) is 0 Å². The number of hydrogen-bond donors (Lipinski definition) is 1.